The zero-order valence-corrected chi connectivity index (χ0v) is 15.4. The van der Waals surface area contributed by atoms with Crippen molar-refractivity contribution in [3.8, 4) is 0 Å². The zero-order chi connectivity index (χ0) is 18.7. The van der Waals surface area contributed by atoms with E-state index in [2.05, 4.69) is 10.6 Å². The molecule has 1 saturated heterocycles. The number of allylic oxidation sites excluding steroid dienone is 1. The highest BCUT2D eigenvalue weighted by molar-refractivity contribution is 5.96. The largest absolute Gasteiger partial charge is 0.396 e. The van der Waals surface area contributed by atoms with Gasteiger partial charge in [0.25, 0.3) is 0 Å². The van der Waals surface area contributed by atoms with Crippen LogP contribution in [0.5, 0.6) is 0 Å². The van der Waals surface area contributed by atoms with Gasteiger partial charge in [-0.1, -0.05) is 19.1 Å². The third-order valence-electron chi connectivity index (χ3n) is 5.08. The molecule has 7 nitrogen and oxygen atoms in total. The Labute approximate surface area is 148 Å². The summed E-state index contributed by atoms with van der Waals surface area (Å²) in [4.78, 5) is 39.8. The minimum Gasteiger partial charge on any atom is -0.396 e. The van der Waals surface area contributed by atoms with Gasteiger partial charge in [-0.15, -0.1) is 0 Å². The summed E-state index contributed by atoms with van der Waals surface area (Å²) in [5.74, 6) is -1.98. The highest BCUT2D eigenvalue weighted by Gasteiger charge is 2.56. The van der Waals surface area contributed by atoms with Gasteiger partial charge in [0.15, 0.2) is 0 Å². The van der Waals surface area contributed by atoms with Crippen LogP contribution in [0.25, 0.3) is 0 Å². The molecule has 1 fully saturated rings. The molecule has 1 aliphatic heterocycles. The van der Waals surface area contributed by atoms with Crippen LogP contribution in [-0.4, -0.2) is 60.0 Å². The Bertz CT molecular complexity index is 561. The standard InChI is InChI=1S/C18H29N3O4/c1-10(2)20-17(24)15-12-7-6-11(3)13(16(23)19-4)14(12)18(25)21(15)8-5-9-22/h6-7,10-15,22H,5,8-9H2,1-4H3,(H,19,23)(H,20,24)/t11-,12+,13-,14+,15+/m1/s1. The molecule has 0 spiro atoms. The Morgan fingerprint density at radius 1 is 1.28 bits per heavy atom. The molecule has 5 atom stereocenters. The summed E-state index contributed by atoms with van der Waals surface area (Å²) in [6.45, 7) is 5.91. The molecule has 1 heterocycles. The molecule has 2 rings (SSSR count). The van der Waals surface area contributed by atoms with Crippen molar-refractivity contribution in [2.75, 3.05) is 20.2 Å². The molecule has 3 N–H and O–H groups in total. The molecule has 0 aromatic carbocycles. The van der Waals surface area contributed by atoms with E-state index >= 15 is 0 Å². The van der Waals surface area contributed by atoms with Crippen LogP contribution in [0.1, 0.15) is 27.2 Å². The van der Waals surface area contributed by atoms with Crippen molar-refractivity contribution in [2.24, 2.45) is 23.7 Å². The average molecular weight is 351 g/mol. The molecule has 3 amide bonds. The van der Waals surface area contributed by atoms with E-state index < -0.39 is 17.9 Å². The molecule has 2 aliphatic rings. The predicted octanol–water partition coefficient (Wildman–Crippen LogP) is -0.0953. The van der Waals surface area contributed by atoms with Gasteiger partial charge in [0.2, 0.25) is 17.7 Å². The summed E-state index contributed by atoms with van der Waals surface area (Å²) in [6, 6.07) is -0.676. The first-order valence-electron chi connectivity index (χ1n) is 8.95. The quantitative estimate of drug-likeness (QED) is 0.582. The summed E-state index contributed by atoms with van der Waals surface area (Å²) in [5.41, 5.74) is 0. The number of amides is 3. The van der Waals surface area contributed by atoms with E-state index in [1.54, 1.807) is 11.9 Å². The number of fused-ring (bicyclic) bond motifs is 1. The fourth-order valence-corrected chi connectivity index (χ4v) is 4.01. The first-order chi connectivity index (χ1) is 11.8. The van der Waals surface area contributed by atoms with Crippen molar-refractivity contribution >= 4 is 17.7 Å². The maximum Gasteiger partial charge on any atom is 0.243 e. The number of carbonyl (C=O) groups is 3. The number of nitrogens with zero attached hydrogens (tertiary/aromatic N) is 1. The van der Waals surface area contributed by atoms with Crippen molar-refractivity contribution in [1.82, 2.24) is 15.5 Å². The smallest absolute Gasteiger partial charge is 0.243 e. The predicted molar refractivity (Wildman–Crippen MR) is 93.3 cm³/mol. The van der Waals surface area contributed by atoms with E-state index in [1.165, 1.54) is 0 Å². The van der Waals surface area contributed by atoms with Crippen LogP contribution in [-0.2, 0) is 14.4 Å². The van der Waals surface area contributed by atoms with Crippen molar-refractivity contribution in [1.29, 1.82) is 0 Å². The first kappa shape index (κ1) is 19.4. The summed E-state index contributed by atoms with van der Waals surface area (Å²) in [6.07, 6.45) is 4.25. The number of likely N-dealkylation sites (tertiary alicyclic amines) is 1. The molecule has 0 aromatic heterocycles. The van der Waals surface area contributed by atoms with Gasteiger partial charge in [-0.05, 0) is 26.2 Å². The van der Waals surface area contributed by atoms with E-state index in [4.69, 9.17) is 5.11 Å². The van der Waals surface area contributed by atoms with Gasteiger partial charge in [0.05, 0.1) is 11.8 Å². The fraction of sp³-hybridized carbons (Fsp3) is 0.722. The van der Waals surface area contributed by atoms with E-state index in [9.17, 15) is 14.4 Å². The summed E-state index contributed by atoms with van der Waals surface area (Å²) >= 11 is 0. The van der Waals surface area contributed by atoms with Gasteiger partial charge in [-0.25, -0.2) is 0 Å². The van der Waals surface area contributed by atoms with E-state index in [0.717, 1.165) is 0 Å². The molecular formula is C18H29N3O4. The monoisotopic (exact) mass is 351 g/mol. The minimum atomic E-state index is -0.637. The van der Waals surface area contributed by atoms with Crippen LogP contribution >= 0.6 is 0 Å². The van der Waals surface area contributed by atoms with Crippen LogP contribution < -0.4 is 10.6 Å². The molecule has 0 unspecified atom stereocenters. The van der Waals surface area contributed by atoms with Crippen LogP contribution in [0.2, 0.25) is 0 Å². The maximum absolute atomic E-state index is 13.1. The van der Waals surface area contributed by atoms with E-state index in [-0.39, 0.29) is 42.2 Å². The Morgan fingerprint density at radius 3 is 2.52 bits per heavy atom. The number of hydrogen-bond acceptors (Lipinski definition) is 4. The van der Waals surface area contributed by atoms with E-state index in [0.29, 0.717) is 13.0 Å². The molecule has 0 saturated carbocycles. The third kappa shape index (κ3) is 3.71. The molecule has 25 heavy (non-hydrogen) atoms. The van der Waals surface area contributed by atoms with Crippen LogP contribution in [0.3, 0.4) is 0 Å². The lowest BCUT2D eigenvalue weighted by molar-refractivity contribution is -0.140. The van der Waals surface area contributed by atoms with Crippen LogP contribution in [0.4, 0.5) is 0 Å². The number of rotatable bonds is 6. The second kappa shape index (κ2) is 7.99. The Morgan fingerprint density at radius 2 is 1.96 bits per heavy atom. The van der Waals surface area contributed by atoms with Crippen molar-refractivity contribution in [3.63, 3.8) is 0 Å². The van der Waals surface area contributed by atoms with Gasteiger partial charge in [0, 0.05) is 32.2 Å². The number of aliphatic hydroxyl groups excluding tert-OH is 1. The summed E-state index contributed by atoms with van der Waals surface area (Å²) < 4.78 is 0. The SMILES string of the molecule is CNC(=O)[C@H]1[C@H]2C(=O)N(CCCO)[C@H](C(=O)NC(C)C)[C@H]2C=C[C@H]1C. The van der Waals surface area contributed by atoms with E-state index in [1.807, 2.05) is 32.9 Å². The van der Waals surface area contributed by atoms with Crippen molar-refractivity contribution < 1.29 is 19.5 Å². The highest BCUT2D eigenvalue weighted by Crippen LogP contribution is 2.43. The van der Waals surface area contributed by atoms with Crippen molar-refractivity contribution in [3.05, 3.63) is 12.2 Å². The number of hydrogen-bond donors (Lipinski definition) is 3. The molecular weight excluding hydrogens is 322 g/mol. The lowest BCUT2D eigenvalue weighted by atomic mass is 9.70. The van der Waals surface area contributed by atoms with Crippen LogP contribution in [0, 0.1) is 23.7 Å². The second-order valence-electron chi connectivity index (χ2n) is 7.20. The molecule has 0 aromatic rings. The van der Waals surface area contributed by atoms with Gasteiger partial charge in [-0.3, -0.25) is 14.4 Å². The number of carbonyl (C=O) groups excluding carboxylic acids is 3. The maximum atomic E-state index is 13.1. The number of aliphatic hydroxyl groups is 1. The molecule has 140 valence electrons. The molecule has 7 heteroatoms. The van der Waals surface area contributed by atoms with Crippen molar-refractivity contribution in [2.45, 2.75) is 39.3 Å². The van der Waals surface area contributed by atoms with Gasteiger partial charge >= 0.3 is 0 Å². The summed E-state index contributed by atoms with van der Waals surface area (Å²) in [5, 5.41) is 14.7. The van der Waals surface area contributed by atoms with Gasteiger partial charge in [-0.2, -0.15) is 0 Å². The molecule has 1 aliphatic carbocycles. The topological polar surface area (TPSA) is 98.7 Å². The molecule has 0 bridgehead atoms. The van der Waals surface area contributed by atoms with Gasteiger partial charge < -0.3 is 20.6 Å². The number of nitrogens with one attached hydrogen (secondary N) is 2. The lowest BCUT2D eigenvalue weighted by Crippen LogP contribution is -2.49. The first-order valence-corrected chi connectivity index (χ1v) is 8.95. The average Bonchev–Trinajstić information content (AvgIpc) is 2.84. The normalized spacial score (nSPS) is 31.2. The summed E-state index contributed by atoms with van der Waals surface area (Å²) in [7, 11) is 1.56. The fourth-order valence-electron chi connectivity index (χ4n) is 4.01. The zero-order valence-electron chi connectivity index (χ0n) is 15.4. The Kier molecular flexibility index (Phi) is 6.21. The second-order valence-corrected chi connectivity index (χ2v) is 7.20. The van der Waals surface area contributed by atoms with Crippen LogP contribution in [0.15, 0.2) is 12.2 Å². The highest BCUT2D eigenvalue weighted by atomic mass is 16.3. The molecule has 0 radical (unpaired) electrons. The van der Waals surface area contributed by atoms with Gasteiger partial charge in [0.1, 0.15) is 6.04 Å². The lowest BCUT2D eigenvalue weighted by Gasteiger charge is -2.32. The third-order valence-corrected chi connectivity index (χ3v) is 5.08. The Hall–Kier alpha value is -1.89. The Balaban J connectivity index is 2.39. The minimum absolute atomic E-state index is 0.0393.